The largest absolute Gasteiger partial charge is 0.493 e. The van der Waals surface area contributed by atoms with Crippen LogP contribution in [0.3, 0.4) is 0 Å². The zero-order valence-corrected chi connectivity index (χ0v) is 19.4. The van der Waals surface area contributed by atoms with Crippen molar-refractivity contribution in [1.82, 2.24) is 5.43 Å². The molecule has 5 nitrogen and oxygen atoms in total. The second-order valence-corrected chi connectivity index (χ2v) is 8.07. The number of carbonyl (C=O) groups excluding carboxylic acids is 1. The van der Waals surface area contributed by atoms with Gasteiger partial charge in [-0.25, -0.2) is 9.82 Å². The number of halogens is 2. The fourth-order valence-corrected chi connectivity index (χ4v) is 3.70. The predicted octanol–water partition coefficient (Wildman–Crippen LogP) is 5.02. The molecular formula is C24H22FIN2O3. The van der Waals surface area contributed by atoms with Gasteiger partial charge in [-0.05, 0) is 70.5 Å². The summed E-state index contributed by atoms with van der Waals surface area (Å²) >= 11 is 2.18. The normalized spacial score (nSPS) is 10.8. The number of ether oxygens (including phenoxy) is 2. The third-order valence-corrected chi connectivity index (χ3v) is 5.20. The highest BCUT2D eigenvalue weighted by atomic mass is 127. The molecular weight excluding hydrogens is 510 g/mol. The average Bonchev–Trinajstić information content (AvgIpc) is 2.74. The van der Waals surface area contributed by atoms with Gasteiger partial charge in [0.2, 0.25) is 5.91 Å². The van der Waals surface area contributed by atoms with Crippen molar-refractivity contribution >= 4 is 34.7 Å². The molecule has 160 valence electrons. The first-order valence-electron chi connectivity index (χ1n) is 9.57. The molecule has 0 unspecified atom stereocenters. The lowest BCUT2D eigenvalue weighted by Gasteiger charge is -2.14. The minimum atomic E-state index is -0.336. The van der Waals surface area contributed by atoms with Crippen molar-refractivity contribution in [3.63, 3.8) is 0 Å². The van der Waals surface area contributed by atoms with Crippen molar-refractivity contribution in [3.05, 3.63) is 92.3 Å². The van der Waals surface area contributed by atoms with E-state index in [1.807, 2.05) is 31.2 Å². The molecule has 3 aromatic carbocycles. The molecule has 0 radical (unpaired) electrons. The lowest BCUT2D eigenvalue weighted by Crippen LogP contribution is -2.19. The SMILES string of the molecule is COc1cc(/C=N/NC(=O)Cc2ccc(F)cc2)cc(I)c1OCc1cccc(C)c1. The molecule has 0 saturated heterocycles. The van der Waals surface area contributed by atoms with Crippen LogP contribution in [0.4, 0.5) is 4.39 Å². The van der Waals surface area contributed by atoms with Crippen molar-refractivity contribution in [2.75, 3.05) is 7.11 Å². The molecule has 3 aromatic rings. The van der Waals surface area contributed by atoms with Gasteiger partial charge in [0.25, 0.3) is 0 Å². The van der Waals surface area contributed by atoms with E-state index >= 15 is 0 Å². The number of nitrogens with one attached hydrogen (secondary N) is 1. The lowest BCUT2D eigenvalue weighted by molar-refractivity contribution is -0.120. The van der Waals surface area contributed by atoms with Gasteiger partial charge in [0.1, 0.15) is 12.4 Å². The Bertz CT molecular complexity index is 1080. The minimum absolute atomic E-state index is 0.115. The third kappa shape index (κ3) is 6.78. The second-order valence-electron chi connectivity index (χ2n) is 6.91. The molecule has 3 rings (SSSR count). The van der Waals surface area contributed by atoms with E-state index < -0.39 is 0 Å². The van der Waals surface area contributed by atoms with Crippen LogP contribution in [-0.4, -0.2) is 19.2 Å². The number of hydrogen-bond donors (Lipinski definition) is 1. The predicted molar refractivity (Wildman–Crippen MR) is 127 cm³/mol. The Morgan fingerprint density at radius 2 is 1.90 bits per heavy atom. The van der Waals surface area contributed by atoms with E-state index in [2.05, 4.69) is 39.2 Å². The number of benzene rings is 3. The van der Waals surface area contributed by atoms with Crippen LogP contribution in [0.1, 0.15) is 22.3 Å². The zero-order valence-electron chi connectivity index (χ0n) is 17.2. The lowest BCUT2D eigenvalue weighted by atomic mass is 10.1. The maximum absolute atomic E-state index is 12.9. The van der Waals surface area contributed by atoms with Gasteiger partial charge in [0, 0.05) is 0 Å². The van der Waals surface area contributed by atoms with E-state index in [4.69, 9.17) is 9.47 Å². The maximum atomic E-state index is 12.9. The number of aryl methyl sites for hydroxylation is 1. The van der Waals surface area contributed by atoms with Crippen LogP contribution in [0.2, 0.25) is 0 Å². The van der Waals surface area contributed by atoms with Crippen molar-refractivity contribution < 1.29 is 18.7 Å². The number of rotatable bonds is 8. The summed E-state index contributed by atoms with van der Waals surface area (Å²) in [4.78, 5) is 12.0. The highest BCUT2D eigenvalue weighted by Crippen LogP contribution is 2.34. The Labute approximate surface area is 194 Å². The van der Waals surface area contributed by atoms with Crippen molar-refractivity contribution in [2.24, 2.45) is 5.10 Å². The van der Waals surface area contributed by atoms with Crippen molar-refractivity contribution in [3.8, 4) is 11.5 Å². The van der Waals surface area contributed by atoms with E-state index in [9.17, 15) is 9.18 Å². The van der Waals surface area contributed by atoms with Crippen LogP contribution < -0.4 is 14.9 Å². The quantitative estimate of drug-likeness (QED) is 0.252. The van der Waals surface area contributed by atoms with Crippen LogP contribution in [-0.2, 0) is 17.8 Å². The molecule has 0 aliphatic carbocycles. The molecule has 7 heteroatoms. The Balaban J connectivity index is 1.63. The van der Waals surface area contributed by atoms with E-state index in [0.29, 0.717) is 23.7 Å². The van der Waals surface area contributed by atoms with Crippen molar-refractivity contribution in [1.29, 1.82) is 0 Å². The standard InChI is InChI=1S/C24H22FIN2O3/c1-16-4-3-5-18(10-16)15-31-24-21(26)11-19(12-22(24)30-2)14-27-28-23(29)13-17-6-8-20(25)9-7-17/h3-12,14H,13,15H2,1-2H3,(H,28,29)/b27-14+. The van der Waals surface area contributed by atoms with Crippen molar-refractivity contribution in [2.45, 2.75) is 20.0 Å². The average molecular weight is 532 g/mol. The summed E-state index contributed by atoms with van der Waals surface area (Å²) in [7, 11) is 1.58. The van der Waals surface area contributed by atoms with Crippen LogP contribution in [0.5, 0.6) is 11.5 Å². The van der Waals surface area contributed by atoms with Crippen LogP contribution in [0.15, 0.2) is 65.8 Å². The number of amides is 1. The molecule has 0 atom stereocenters. The molecule has 0 spiro atoms. The van der Waals surface area contributed by atoms with Crippen LogP contribution >= 0.6 is 22.6 Å². The number of hydrazone groups is 1. The molecule has 0 heterocycles. The monoisotopic (exact) mass is 532 g/mol. The Morgan fingerprint density at radius 1 is 1.13 bits per heavy atom. The van der Waals surface area contributed by atoms with E-state index in [-0.39, 0.29) is 18.1 Å². The van der Waals surface area contributed by atoms with Gasteiger partial charge in [0.05, 0.1) is 23.3 Å². The summed E-state index contributed by atoms with van der Waals surface area (Å²) in [6.45, 7) is 2.47. The summed E-state index contributed by atoms with van der Waals surface area (Å²) < 4.78 is 25.3. The summed E-state index contributed by atoms with van der Waals surface area (Å²) in [5.74, 6) is 0.611. The fourth-order valence-electron chi connectivity index (χ4n) is 2.92. The van der Waals surface area contributed by atoms with Gasteiger partial charge in [-0.2, -0.15) is 5.10 Å². The summed E-state index contributed by atoms with van der Waals surface area (Å²) in [6.07, 6.45) is 1.65. The topological polar surface area (TPSA) is 59.9 Å². The Morgan fingerprint density at radius 3 is 2.61 bits per heavy atom. The second kappa shape index (κ2) is 10.9. The van der Waals surface area contributed by atoms with Gasteiger partial charge < -0.3 is 9.47 Å². The van der Waals surface area contributed by atoms with Gasteiger partial charge in [0.15, 0.2) is 11.5 Å². The van der Waals surface area contributed by atoms with Gasteiger partial charge in [-0.3, -0.25) is 4.79 Å². The molecule has 0 aromatic heterocycles. The Hall–Kier alpha value is -2.94. The number of methoxy groups -OCH3 is 1. The number of hydrogen-bond acceptors (Lipinski definition) is 4. The molecule has 0 fully saturated rings. The zero-order chi connectivity index (χ0) is 22.2. The van der Waals surface area contributed by atoms with E-state index in [1.165, 1.54) is 23.9 Å². The first-order chi connectivity index (χ1) is 14.9. The van der Waals surface area contributed by atoms with Crippen LogP contribution in [0.25, 0.3) is 0 Å². The van der Waals surface area contributed by atoms with Gasteiger partial charge in [-0.1, -0.05) is 42.0 Å². The molecule has 31 heavy (non-hydrogen) atoms. The first-order valence-corrected chi connectivity index (χ1v) is 10.6. The van der Waals surface area contributed by atoms with Crippen LogP contribution in [0, 0.1) is 16.3 Å². The number of nitrogens with zero attached hydrogens (tertiary/aromatic N) is 1. The highest BCUT2D eigenvalue weighted by molar-refractivity contribution is 14.1. The van der Waals surface area contributed by atoms with Gasteiger partial charge in [-0.15, -0.1) is 0 Å². The summed E-state index contributed by atoms with van der Waals surface area (Å²) in [5, 5.41) is 4.01. The summed E-state index contributed by atoms with van der Waals surface area (Å²) in [5.41, 5.74) is 6.20. The molecule has 0 saturated carbocycles. The van der Waals surface area contributed by atoms with E-state index in [0.717, 1.165) is 14.7 Å². The molecule has 0 aliphatic rings. The smallest absolute Gasteiger partial charge is 0.244 e. The molecule has 0 aliphatic heterocycles. The highest BCUT2D eigenvalue weighted by Gasteiger charge is 2.12. The number of carbonyl (C=O) groups is 1. The molecule has 1 amide bonds. The molecule has 1 N–H and O–H groups in total. The fraction of sp³-hybridized carbons (Fsp3) is 0.167. The van der Waals surface area contributed by atoms with Gasteiger partial charge >= 0.3 is 0 Å². The Kier molecular flexibility index (Phi) is 8.00. The first kappa shape index (κ1) is 22.7. The van der Waals surface area contributed by atoms with E-state index in [1.54, 1.807) is 25.3 Å². The maximum Gasteiger partial charge on any atom is 0.244 e. The molecule has 0 bridgehead atoms. The third-order valence-electron chi connectivity index (χ3n) is 4.40. The summed E-state index contributed by atoms with van der Waals surface area (Å²) in [6, 6.07) is 17.6. The minimum Gasteiger partial charge on any atom is -0.493 e.